The van der Waals surface area contributed by atoms with Crippen LogP contribution in [0.4, 0.5) is 0 Å². The molecule has 1 aliphatic rings. The Bertz CT molecular complexity index is 420. The van der Waals surface area contributed by atoms with Crippen LogP contribution in [0.5, 0.6) is 0 Å². The van der Waals surface area contributed by atoms with E-state index in [2.05, 4.69) is 16.7 Å². The van der Waals surface area contributed by atoms with Gasteiger partial charge in [0, 0.05) is 24.5 Å². The van der Waals surface area contributed by atoms with Crippen molar-refractivity contribution in [1.82, 2.24) is 10.6 Å². The monoisotopic (exact) mass is 296 g/mol. The molecule has 1 unspecified atom stereocenters. The number of aliphatic hydroxyl groups excluding tert-OH is 1. The third-order valence-electron chi connectivity index (χ3n) is 3.50. The smallest absolute Gasteiger partial charge is 0.261 e. The molecule has 1 heterocycles. The van der Waals surface area contributed by atoms with E-state index in [1.807, 2.05) is 0 Å². The topological polar surface area (TPSA) is 61.4 Å². The van der Waals surface area contributed by atoms with Gasteiger partial charge in [-0.1, -0.05) is 6.42 Å². The molecule has 0 aliphatic heterocycles. The number of hydrogen-bond acceptors (Lipinski definition) is 4. The molecule has 2 rings (SSSR count). The third kappa shape index (κ3) is 4.58. The molecule has 0 fully saturated rings. The third-order valence-corrected chi connectivity index (χ3v) is 4.73. The molecule has 0 saturated heterocycles. The fourth-order valence-corrected chi connectivity index (χ4v) is 3.61. The minimum atomic E-state index is -0.348. The Labute approximate surface area is 124 Å². The Morgan fingerprint density at radius 3 is 2.95 bits per heavy atom. The zero-order valence-corrected chi connectivity index (χ0v) is 12.9. The summed E-state index contributed by atoms with van der Waals surface area (Å²) in [4.78, 5) is 14.3. The summed E-state index contributed by atoms with van der Waals surface area (Å²) >= 11 is 1.65. The van der Waals surface area contributed by atoms with Crippen LogP contribution in [0.1, 0.15) is 46.3 Å². The fourth-order valence-electron chi connectivity index (χ4n) is 2.44. The summed E-state index contributed by atoms with van der Waals surface area (Å²) in [7, 11) is 0. The highest BCUT2D eigenvalue weighted by molar-refractivity contribution is 7.14. The number of carbonyl (C=O) groups is 1. The minimum Gasteiger partial charge on any atom is -0.392 e. The maximum atomic E-state index is 12.1. The molecule has 5 heteroatoms. The van der Waals surface area contributed by atoms with Gasteiger partial charge in [0.2, 0.25) is 0 Å². The Morgan fingerprint density at radius 2 is 2.15 bits per heavy atom. The van der Waals surface area contributed by atoms with E-state index >= 15 is 0 Å². The van der Waals surface area contributed by atoms with Crippen molar-refractivity contribution in [2.24, 2.45) is 0 Å². The number of carbonyl (C=O) groups excluding carboxylic acids is 1. The van der Waals surface area contributed by atoms with Gasteiger partial charge in [-0.25, -0.2) is 0 Å². The van der Waals surface area contributed by atoms with Gasteiger partial charge in [0.05, 0.1) is 11.0 Å². The summed E-state index contributed by atoms with van der Waals surface area (Å²) in [5, 5.41) is 15.1. The molecule has 3 N–H and O–H groups in total. The van der Waals surface area contributed by atoms with E-state index in [0.29, 0.717) is 19.6 Å². The second-order valence-electron chi connectivity index (χ2n) is 5.43. The van der Waals surface area contributed by atoms with E-state index in [1.54, 1.807) is 18.3 Å². The van der Waals surface area contributed by atoms with Crippen LogP contribution in [0.15, 0.2) is 6.07 Å². The average molecular weight is 296 g/mol. The molecule has 1 aromatic rings. The van der Waals surface area contributed by atoms with Crippen molar-refractivity contribution in [1.29, 1.82) is 0 Å². The predicted molar refractivity (Wildman–Crippen MR) is 82.5 cm³/mol. The molecule has 1 aromatic heterocycles. The van der Waals surface area contributed by atoms with Crippen molar-refractivity contribution in [2.75, 3.05) is 19.6 Å². The lowest BCUT2D eigenvalue weighted by atomic mass is 10.1. The van der Waals surface area contributed by atoms with Gasteiger partial charge in [0.25, 0.3) is 5.91 Å². The quantitative estimate of drug-likeness (QED) is 0.553. The summed E-state index contributed by atoms with van der Waals surface area (Å²) in [6.07, 6.45) is 5.70. The van der Waals surface area contributed by atoms with Crippen LogP contribution >= 0.6 is 11.3 Å². The Balaban J connectivity index is 1.78. The number of thiophene rings is 1. The lowest BCUT2D eigenvalue weighted by Crippen LogP contribution is -2.34. The maximum Gasteiger partial charge on any atom is 0.261 e. The number of fused-ring (bicyclic) bond motifs is 1. The van der Waals surface area contributed by atoms with Crippen molar-refractivity contribution in [3.8, 4) is 0 Å². The van der Waals surface area contributed by atoms with Crippen molar-refractivity contribution in [3.05, 3.63) is 21.4 Å². The minimum absolute atomic E-state index is 0.0296. The van der Waals surface area contributed by atoms with Crippen LogP contribution in [-0.2, 0) is 12.8 Å². The first kappa shape index (κ1) is 15.5. The van der Waals surface area contributed by atoms with E-state index < -0.39 is 0 Å². The van der Waals surface area contributed by atoms with E-state index in [0.717, 1.165) is 17.7 Å². The SMILES string of the molecule is CC(O)CNCCNC(=O)c1cc2c(s1)CCCCC2. The molecule has 1 atom stereocenters. The molecule has 0 aromatic carbocycles. The highest BCUT2D eigenvalue weighted by Gasteiger charge is 2.15. The van der Waals surface area contributed by atoms with Gasteiger partial charge in [-0.3, -0.25) is 4.79 Å². The van der Waals surface area contributed by atoms with Crippen LogP contribution in [0.2, 0.25) is 0 Å². The highest BCUT2D eigenvalue weighted by atomic mass is 32.1. The molecule has 0 spiro atoms. The van der Waals surface area contributed by atoms with Crippen molar-refractivity contribution < 1.29 is 9.90 Å². The van der Waals surface area contributed by atoms with Crippen molar-refractivity contribution >= 4 is 17.2 Å². The lowest BCUT2D eigenvalue weighted by Gasteiger charge is -2.07. The maximum absolute atomic E-state index is 12.1. The van der Waals surface area contributed by atoms with Gasteiger partial charge in [-0.2, -0.15) is 0 Å². The number of nitrogens with one attached hydrogen (secondary N) is 2. The van der Waals surface area contributed by atoms with Crippen molar-refractivity contribution in [2.45, 2.75) is 45.1 Å². The molecular formula is C15H24N2O2S. The first-order valence-electron chi connectivity index (χ1n) is 7.45. The first-order valence-corrected chi connectivity index (χ1v) is 8.27. The Kier molecular flexibility index (Phi) is 6.01. The molecule has 4 nitrogen and oxygen atoms in total. The lowest BCUT2D eigenvalue weighted by molar-refractivity contribution is 0.0957. The fraction of sp³-hybridized carbons (Fsp3) is 0.667. The van der Waals surface area contributed by atoms with Crippen LogP contribution in [0.25, 0.3) is 0 Å². The number of aliphatic hydroxyl groups is 1. The zero-order chi connectivity index (χ0) is 14.4. The molecule has 1 aliphatic carbocycles. The highest BCUT2D eigenvalue weighted by Crippen LogP contribution is 2.28. The van der Waals surface area contributed by atoms with E-state index in [4.69, 9.17) is 5.11 Å². The molecule has 0 saturated carbocycles. The summed E-state index contributed by atoms with van der Waals surface area (Å²) < 4.78 is 0. The van der Waals surface area contributed by atoms with Gasteiger partial charge < -0.3 is 15.7 Å². The van der Waals surface area contributed by atoms with E-state index in [-0.39, 0.29) is 12.0 Å². The molecular weight excluding hydrogens is 272 g/mol. The summed E-state index contributed by atoms with van der Waals surface area (Å²) in [6.45, 7) is 3.57. The summed E-state index contributed by atoms with van der Waals surface area (Å²) in [5.41, 5.74) is 1.38. The molecule has 1 amide bonds. The number of hydrogen-bond donors (Lipinski definition) is 3. The molecule has 0 radical (unpaired) electrons. The van der Waals surface area contributed by atoms with Gasteiger partial charge in [0.15, 0.2) is 0 Å². The van der Waals surface area contributed by atoms with E-state index in [1.165, 1.54) is 29.7 Å². The summed E-state index contributed by atoms with van der Waals surface area (Å²) in [5.74, 6) is 0.0296. The van der Waals surface area contributed by atoms with Crippen LogP contribution in [0.3, 0.4) is 0 Å². The van der Waals surface area contributed by atoms with Gasteiger partial charge >= 0.3 is 0 Å². The standard InChI is InChI=1S/C15H24N2O2S/c1-11(18)10-16-7-8-17-15(19)14-9-12-5-3-2-4-6-13(12)20-14/h9,11,16,18H,2-8,10H2,1H3,(H,17,19). The number of rotatable bonds is 6. The van der Waals surface area contributed by atoms with Crippen molar-refractivity contribution in [3.63, 3.8) is 0 Å². The van der Waals surface area contributed by atoms with Crippen LogP contribution < -0.4 is 10.6 Å². The number of amides is 1. The van der Waals surface area contributed by atoms with Gasteiger partial charge in [-0.15, -0.1) is 11.3 Å². The second kappa shape index (κ2) is 7.76. The Hall–Kier alpha value is -0.910. The number of aryl methyl sites for hydroxylation is 2. The van der Waals surface area contributed by atoms with E-state index in [9.17, 15) is 4.79 Å². The molecule has 112 valence electrons. The van der Waals surface area contributed by atoms with Gasteiger partial charge in [-0.05, 0) is 44.2 Å². The van der Waals surface area contributed by atoms with Crippen LogP contribution in [-0.4, -0.2) is 36.8 Å². The predicted octanol–water partition coefficient (Wildman–Crippen LogP) is 1.72. The van der Waals surface area contributed by atoms with Gasteiger partial charge in [0.1, 0.15) is 0 Å². The Morgan fingerprint density at radius 1 is 1.35 bits per heavy atom. The average Bonchev–Trinajstić information content (AvgIpc) is 2.69. The van der Waals surface area contributed by atoms with Crippen LogP contribution in [0, 0.1) is 0 Å². The second-order valence-corrected chi connectivity index (χ2v) is 6.57. The normalized spacial score (nSPS) is 16.3. The zero-order valence-electron chi connectivity index (χ0n) is 12.1. The molecule has 0 bridgehead atoms. The first-order chi connectivity index (χ1) is 9.66. The summed E-state index contributed by atoms with van der Waals surface area (Å²) in [6, 6.07) is 2.07. The largest absolute Gasteiger partial charge is 0.392 e. The molecule has 20 heavy (non-hydrogen) atoms.